The lowest BCUT2D eigenvalue weighted by molar-refractivity contribution is -0.131. The van der Waals surface area contributed by atoms with Crippen molar-refractivity contribution in [1.82, 2.24) is 0 Å². The number of aryl methyl sites for hydroxylation is 8. The SMILES string of the molecule is COc1ccc(C2(c3ccc(OC(=O)Oc4ccc(C(C)(C)c5ccc(OC(C)=O)cc5)cc4)c(CCc4ccc(N(c5ccc(C)cc5)c5ccc(C)cc5)cc4)c3)CCCCC2)cc1CCc1ccc(N(c2ccc(C)cc2)c2ccc(C)cc2)cc1. The van der Waals surface area contributed by atoms with Gasteiger partial charge < -0.3 is 28.7 Å². The van der Waals surface area contributed by atoms with E-state index in [-0.39, 0.29) is 11.4 Å². The first-order chi connectivity index (χ1) is 43.1. The van der Waals surface area contributed by atoms with Gasteiger partial charge >= 0.3 is 12.1 Å². The van der Waals surface area contributed by atoms with Crippen LogP contribution in [0.25, 0.3) is 0 Å². The van der Waals surface area contributed by atoms with Gasteiger partial charge in [-0.2, -0.15) is 0 Å². The Balaban J connectivity index is 0.871. The van der Waals surface area contributed by atoms with Crippen LogP contribution in [0, 0.1) is 27.7 Å². The second kappa shape index (κ2) is 27.2. The number of benzene rings is 10. The highest BCUT2D eigenvalue weighted by Gasteiger charge is 2.37. The van der Waals surface area contributed by atoms with E-state index in [1.54, 1.807) is 31.4 Å². The van der Waals surface area contributed by atoms with Gasteiger partial charge in [-0.3, -0.25) is 4.79 Å². The highest BCUT2D eigenvalue weighted by atomic mass is 16.7. The standard InChI is InChI=1S/C81H80N2O6/c1-56-12-34-69(35-13-56)82(70-36-14-57(2)15-37-70)73-42-22-61(23-43-73)20-26-63-54-67(32-50-77(63)86-8)81(52-10-9-11-53-81)68-33-51-78(89-79(85)88-76-48-30-66(31-49-76)80(6,7)65-28-46-75(47-29-65)87-60(5)84)64(55-68)27-21-62-24-44-74(45-25-62)83(71-38-16-58(3)17-39-71)72-40-18-59(4)19-41-72/h12-19,22-25,28-51,54-55H,9-11,20-21,26-27,52-53H2,1-8H3. The Kier molecular flexibility index (Phi) is 18.6. The molecule has 0 heterocycles. The van der Waals surface area contributed by atoms with Crippen LogP contribution >= 0.6 is 0 Å². The molecule has 0 saturated heterocycles. The molecule has 0 atom stereocenters. The number of hydrogen-bond donors (Lipinski definition) is 0. The number of ether oxygens (including phenoxy) is 4. The molecule has 8 heteroatoms. The number of methoxy groups -OCH3 is 1. The second-order valence-corrected chi connectivity index (χ2v) is 24.6. The van der Waals surface area contributed by atoms with Crippen molar-refractivity contribution in [2.45, 2.75) is 117 Å². The fraction of sp³-hybridized carbons (Fsp3) is 0.235. The van der Waals surface area contributed by atoms with Crippen LogP contribution in [0.5, 0.6) is 23.0 Å². The Bertz CT molecular complexity index is 3930. The maximum Gasteiger partial charge on any atom is 0.519 e. The predicted octanol–water partition coefficient (Wildman–Crippen LogP) is 20.5. The summed E-state index contributed by atoms with van der Waals surface area (Å²) in [5.41, 5.74) is 19.9. The van der Waals surface area contributed by atoms with Crippen molar-refractivity contribution in [1.29, 1.82) is 0 Å². The fourth-order valence-electron chi connectivity index (χ4n) is 12.6. The summed E-state index contributed by atoms with van der Waals surface area (Å²) in [6.07, 6.45) is 7.55. The molecule has 8 nitrogen and oxygen atoms in total. The molecular weight excluding hydrogens is 1100 g/mol. The van der Waals surface area contributed by atoms with Crippen LogP contribution in [0.1, 0.15) is 120 Å². The van der Waals surface area contributed by atoms with Crippen LogP contribution in [-0.2, 0) is 41.3 Å². The maximum absolute atomic E-state index is 14.0. The zero-order valence-electron chi connectivity index (χ0n) is 52.6. The average Bonchev–Trinajstić information content (AvgIpc) is 0.962. The van der Waals surface area contributed by atoms with Crippen LogP contribution < -0.4 is 28.7 Å². The van der Waals surface area contributed by atoms with Gasteiger partial charge in [0.1, 0.15) is 23.0 Å². The van der Waals surface area contributed by atoms with Gasteiger partial charge in [0.2, 0.25) is 0 Å². The Morgan fingerprint density at radius 1 is 0.404 bits per heavy atom. The van der Waals surface area contributed by atoms with E-state index >= 15 is 0 Å². The fourth-order valence-corrected chi connectivity index (χ4v) is 12.6. The summed E-state index contributed by atoms with van der Waals surface area (Å²) in [5, 5.41) is 0. The quantitative estimate of drug-likeness (QED) is 0.0424. The van der Waals surface area contributed by atoms with Gasteiger partial charge in [0, 0.05) is 51.9 Å². The van der Waals surface area contributed by atoms with Crippen LogP contribution in [0.4, 0.5) is 38.9 Å². The van der Waals surface area contributed by atoms with Gasteiger partial charge in [0.15, 0.2) is 0 Å². The molecule has 0 aliphatic heterocycles. The minimum Gasteiger partial charge on any atom is -0.496 e. The van der Waals surface area contributed by atoms with Crippen LogP contribution in [0.3, 0.4) is 0 Å². The Hall–Kier alpha value is -9.66. The topological polar surface area (TPSA) is 77.5 Å². The van der Waals surface area contributed by atoms with E-state index in [0.717, 1.165) is 95.1 Å². The van der Waals surface area contributed by atoms with Crippen molar-refractivity contribution in [3.63, 3.8) is 0 Å². The van der Waals surface area contributed by atoms with Gasteiger partial charge in [-0.1, -0.05) is 177 Å². The molecule has 1 fully saturated rings. The summed E-state index contributed by atoms with van der Waals surface area (Å²) in [7, 11) is 1.77. The number of hydrogen-bond acceptors (Lipinski definition) is 8. The minimum atomic E-state index is -0.805. The van der Waals surface area contributed by atoms with E-state index in [1.165, 1.54) is 63.4 Å². The number of nitrogens with zero attached hydrogens (tertiary/aromatic N) is 2. The molecule has 0 spiro atoms. The van der Waals surface area contributed by atoms with Gasteiger partial charge in [-0.15, -0.1) is 0 Å². The average molecular weight is 1180 g/mol. The Morgan fingerprint density at radius 2 is 0.753 bits per heavy atom. The molecule has 0 N–H and O–H groups in total. The summed E-state index contributed by atoms with van der Waals surface area (Å²) < 4.78 is 23.6. The number of rotatable bonds is 20. The molecule has 0 radical (unpaired) electrons. The molecule has 1 aliphatic rings. The van der Waals surface area contributed by atoms with Gasteiger partial charge in [0.05, 0.1) is 7.11 Å². The maximum atomic E-state index is 14.0. The van der Waals surface area contributed by atoms with Crippen molar-refractivity contribution < 1.29 is 28.5 Å². The van der Waals surface area contributed by atoms with Gasteiger partial charge in [0.25, 0.3) is 0 Å². The third-order valence-corrected chi connectivity index (χ3v) is 17.9. The summed E-state index contributed by atoms with van der Waals surface area (Å²) >= 11 is 0. The van der Waals surface area contributed by atoms with Crippen LogP contribution in [0.15, 0.2) is 231 Å². The Morgan fingerprint density at radius 3 is 1.12 bits per heavy atom. The lowest BCUT2D eigenvalue weighted by Crippen LogP contribution is -2.31. The largest absolute Gasteiger partial charge is 0.519 e. The van der Waals surface area contributed by atoms with Gasteiger partial charge in [-0.05, 0) is 220 Å². The molecule has 11 rings (SSSR count). The zero-order valence-corrected chi connectivity index (χ0v) is 52.6. The zero-order chi connectivity index (χ0) is 62.1. The Labute approximate surface area is 526 Å². The predicted molar refractivity (Wildman–Crippen MR) is 362 cm³/mol. The lowest BCUT2D eigenvalue weighted by Gasteiger charge is -2.39. The van der Waals surface area contributed by atoms with E-state index < -0.39 is 11.6 Å². The van der Waals surface area contributed by atoms with Gasteiger partial charge in [-0.25, -0.2) is 4.79 Å². The van der Waals surface area contributed by atoms with Crippen LogP contribution in [0.2, 0.25) is 0 Å². The summed E-state index contributed by atoms with van der Waals surface area (Å²) in [5.74, 6) is 1.88. The van der Waals surface area contributed by atoms with E-state index in [4.69, 9.17) is 18.9 Å². The minimum absolute atomic E-state index is 0.277. The highest BCUT2D eigenvalue weighted by Crippen LogP contribution is 2.48. The third-order valence-electron chi connectivity index (χ3n) is 17.9. The number of anilines is 6. The summed E-state index contributed by atoms with van der Waals surface area (Å²) in [6, 6.07) is 81.0. The molecule has 0 unspecified atom stereocenters. The smallest absolute Gasteiger partial charge is 0.496 e. The van der Waals surface area contributed by atoms with Crippen LogP contribution in [-0.4, -0.2) is 19.2 Å². The summed E-state index contributed by atoms with van der Waals surface area (Å²) in [6.45, 7) is 14.1. The van der Waals surface area contributed by atoms with Crippen molar-refractivity contribution in [3.05, 3.63) is 297 Å². The molecular formula is C81H80N2O6. The van der Waals surface area contributed by atoms with E-state index in [9.17, 15) is 9.59 Å². The third kappa shape index (κ3) is 14.4. The van der Waals surface area contributed by atoms with Crippen molar-refractivity contribution >= 4 is 46.2 Å². The molecule has 0 bridgehead atoms. The normalized spacial score (nSPS) is 12.9. The van der Waals surface area contributed by atoms with Crippen molar-refractivity contribution in [2.24, 2.45) is 0 Å². The van der Waals surface area contributed by atoms with E-state index in [1.807, 2.05) is 30.3 Å². The number of esters is 1. The molecule has 1 aliphatic carbocycles. The van der Waals surface area contributed by atoms with E-state index in [0.29, 0.717) is 30.1 Å². The number of carbonyl (C=O) groups is 2. The molecule has 89 heavy (non-hydrogen) atoms. The molecule has 10 aromatic rings. The molecule has 0 amide bonds. The number of carbonyl (C=O) groups excluding carboxylic acids is 2. The highest BCUT2D eigenvalue weighted by molar-refractivity contribution is 5.78. The second-order valence-electron chi connectivity index (χ2n) is 24.6. The lowest BCUT2D eigenvalue weighted by atomic mass is 9.64. The van der Waals surface area contributed by atoms with Crippen molar-refractivity contribution in [2.75, 3.05) is 16.9 Å². The molecule has 10 aromatic carbocycles. The first kappa shape index (κ1) is 61.0. The first-order valence-corrected chi connectivity index (χ1v) is 31.3. The first-order valence-electron chi connectivity index (χ1n) is 31.3. The molecule has 0 aromatic heterocycles. The van der Waals surface area contributed by atoms with E-state index in [2.05, 4.69) is 227 Å². The molecule has 450 valence electrons. The monoisotopic (exact) mass is 1180 g/mol. The van der Waals surface area contributed by atoms with Crippen molar-refractivity contribution in [3.8, 4) is 23.0 Å². The molecule has 1 saturated carbocycles. The summed E-state index contributed by atoms with van der Waals surface area (Å²) in [4.78, 5) is 30.2.